The Labute approximate surface area is 105 Å². The average molecular weight is 286 g/mol. The quantitative estimate of drug-likeness (QED) is 0.740. The van der Waals surface area contributed by atoms with E-state index in [1.165, 1.54) is 19.3 Å². The van der Waals surface area contributed by atoms with Crippen LogP contribution in [0.1, 0.15) is 31.7 Å². The van der Waals surface area contributed by atoms with Gasteiger partial charge in [0.1, 0.15) is 5.82 Å². The molecule has 1 nitrogen and oxygen atoms in total. The van der Waals surface area contributed by atoms with Crippen LogP contribution in [0, 0.1) is 5.82 Å². The van der Waals surface area contributed by atoms with Crippen LogP contribution in [0.25, 0.3) is 0 Å². The molecule has 3 heteroatoms. The molecule has 1 aromatic rings. The molecule has 1 fully saturated rings. The van der Waals surface area contributed by atoms with Crippen LogP contribution in [0.4, 0.5) is 10.1 Å². The maximum atomic E-state index is 13.9. The lowest BCUT2D eigenvalue weighted by Crippen LogP contribution is -2.37. The summed E-state index contributed by atoms with van der Waals surface area (Å²) in [6.45, 7) is 3.16. The number of anilines is 1. The summed E-state index contributed by atoms with van der Waals surface area (Å²) in [5.41, 5.74) is 1.75. The lowest BCUT2D eigenvalue weighted by atomic mass is 10.0. The Morgan fingerprint density at radius 2 is 2.25 bits per heavy atom. The van der Waals surface area contributed by atoms with Crippen molar-refractivity contribution in [3.05, 3.63) is 29.6 Å². The number of hydrogen-bond acceptors (Lipinski definition) is 1. The molecule has 0 saturated carbocycles. The Morgan fingerprint density at radius 1 is 1.44 bits per heavy atom. The molecule has 1 aliphatic rings. The molecule has 1 unspecified atom stereocenters. The summed E-state index contributed by atoms with van der Waals surface area (Å²) in [4.78, 5) is 2.19. The Hall–Kier alpha value is -0.570. The van der Waals surface area contributed by atoms with Gasteiger partial charge < -0.3 is 4.90 Å². The largest absolute Gasteiger partial charge is 0.366 e. The van der Waals surface area contributed by atoms with E-state index >= 15 is 0 Å². The van der Waals surface area contributed by atoms with Crippen molar-refractivity contribution in [1.29, 1.82) is 0 Å². The summed E-state index contributed by atoms with van der Waals surface area (Å²) >= 11 is 3.34. The summed E-state index contributed by atoms with van der Waals surface area (Å²) in [7, 11) is 0. The van der Waals surface area contributed by atoms with E-state index in [2.05, 4.69) is 27.8 Å². The second kappa shape index (κ2) is 5.17. The molecule has 0 N–H and O–H groups in total. The van der Waals surface area contributed by atoms with E-state index in [0.29, 0.717) is 11.4 Å². The van der Waals surface area contributed by atoms with Crippen molar-refractivity contribution in [2.45, 2.75) is 37.6 Å². The highest BCUT2D eigenvalue weighted by atomic mass is 79.9. The van der Waals surface area contributed by atoms with Crippen molar-refractivity contribution in [2.24, 2.45) is 0 Å². The standard InChI is InChI=1S/C13H17BrFN/c1-10-4-2-3-7-16(10)13-6-5-11(9-14)8-12(13)15/h5-6,8,10H,2-4,7,9H2,1H3. The van der Waals surface area contributed by atoms with Crippen LogP contribution in [0.15, 0.2) is 18.2 Å². The zero-order chi connectivity index (χ0) is 11.5. The van der Waals surface area contributed by atoms with Crippen LogP contribution in [-0.2, 0) is 5.33 Å². The third-order valence-corrected chi connectivity index (χ3v) is 3.93. The molecule has 0 amide bonds. The zero-order valence-electron chi connectivity index (χ0n) is 9.55. The summed E-state index contributed by atoms with van der Waals surface area (Å²) in [5, 5.41) is 0.708. The van der Waals surface area contributed by atoms with E-state index in [1.54, 1.807) is 6.07 Å². The Kier molecular flexibility index (Phi) is 3.85. The molecule has 1 aromatic carbocycles. The van der Waals surface area contributed by atoms with E-state index < -0.39 is 0 Å². The van der Waals surface area contributed by atoms with Gasteiger partial charge in [0.15, 0.2) is 0 Å². The van der Waals surface area contributed by atoms with Crippen molar-refractivity contribution in [2.75, 3.05) is 11.4 Å². The predicted molar refractivity (Wildman–Crippen MR) is 69.7 cm³/mol. The maximum Gasteiger partial charge on any atom is 0.146 e. The van der Waals surface area contributed by atoms with E-state index in [1.807, 2.05) is 12.1 Å². The molecule has 0 radical (unpaired) electrons. The molecule has 2 rings (SSSR count). The molecule has 1 heterocycles. The van der Waals surface area contributed by atoms with Crippen LogP contribution in [0.5, 0.6) is 0 Å². The fraction of sp³-hybridized carbons (Fsp3) is 0.538. The van der Waals surface area contributed by atoms with Crippen LogP contribution < -0.4 is 4.90 Å². The third kappa shape index (κ3) is 2.40. The fourth-order valence-electron chi connectivity index (χ4n) is 2.32. The van der Waals surface area contributed by atoms with Gasteiger partial charge in [-0.3, -0.25) is 0 Å². The Balaban J connectivity index is 2.25. The summed E-state index contributed by atoms with van der Waals surface area (Å²) in [6.07, 6.45) is 3.60. The number of alkyl halides is 1. The molecular formula is C13H17BrFN. The van der Waals surface area contributed by atoms with Crippen LogP contribution in [-0.4, -0.2) is 12.6 Å². The number of rotatable bonds is 2. The molecule has 0 bridgehead atoms. The molecule has 88 valence electrons. The van der Waals surface area contributed by atoms with Crippen LogP contribution >= 0.6 is 15.9 Å². The van der Waals surface area contributed by atoms with Gasteiger partial charge in [-0.05, 0) is 43.9 Å². The van der Waals surface area contributed by atoms with E-state index in [9.17, 15) is 4.39 Å². The highest BCUT2D eigenvalue weighted by Gasteiger charge is 2.20. The highest BCUT2D eigenvalue weighted by Crippen LogP contribution is 2.28. The van der Waals surface area contributed by atoms with Gasteiger partial charge in [0.2, 0.25) is 0 Å². The normalized spacial score (nSPS) is 21.2. The molecular weight excluding hydrogens is 269 g/mol. The monoisotopic (exact) mass is 285 g/mol. The number of nitrogens with zero attached hydrogens (tertiary/aromatic N) is 1. The third-order valence-electron chi connectivity index (χ3n) is 3.28. The molecule has 1 aliphatic heterocycles. The van der Waals surface area contributed by atoms with Gasteiger partial charge in [0.05, 0.1) is 5.69 Å². The lowest BCUT2D eigenvalue weighted by Gasteiger charge is -2.35. The minimum absolute atomic E-state index is 0.0919. The zero-order valence-corrected chi connectivity index (χ0v) is 11.1. The van der Waals surface area contributed by atoms with E-state index in [4.69, 9.17) is 0 Å². The number of hydrogen-bond donors (Lipinski definition) is 0. The van der Waals surface area contributed by atoms with Crippen molar-refractivity contribution < 1.29 is 4.39 Å². The van der Waals surface area contributed by atoms with Gasteiger partial charge in [-0.25, -0.2) is 4.39 Å². The molecule has 0 spiro atoms. The first kappa shape index (κ1) is 11.9. The van der Waals surface area contributed by atoms with Crippen LogP contribution in [0.2, 0.25) is 0 Å². The minimum atomic E-state index is -0.0919. The van der Waals surface area contributed by atoms with Crippen LogP contribution in [0.3, 0.4) is 0 Å². The Morgan fingerprint density at radius 3 is 2.88 bits per heavy atom. The highest BCUT2D eigenvalue weighted by molar-refractivity contribution is 9.08. The number of halogens is 2. The summed E-state index contributed by atoms with van der Waals surface area (Å²) < 4.78 is 13.9. The van der Waals surface area contributed by atoms with Gasteiger partial charge >= 0.3 is 0 Å². The maximum absolute atomic E-state index is 13.9. The number of benzene rings is 1. The fourth-order valence-corrected chi connectivity index (χ4v) is 2.67. The molecule has 0 aliphatic carbocycles. The van der Waals surface area contributed by atoms with Gasteiger partial charge in [0.25, 0.3) is 0 Å². The molecule has 16 heavy (non-hydrogen) atoms. The molecule has 0 aromatic heterocycles. The lowest BCUT2D eigenvalue weighted by molar-refractivity contribution is 0.475. The van der Waals surface area contributed by atoms with Crippen molar-refractivity contribution in [3.8, 4) is 0 Å². The van der Waals surface area contributed by atoms with Crippen molar-refractivity contribution in [3.63, 3.8) is 0 Å². The predicted octanol–water partition coefficient (Wildman–Crippen LogP) is 4.10. The second-order valence-electron chi connectivity index (χ2n) is 4.46. The minimum Gasteiger partial charge on any atom is -0.366 e. The second-order valence-corrected chi connectivity index (χ2v) is 5.02. The smallest absolute Gasteiger partial charge is 0.146 e. The Bertz CT molecular complexity index is 367. The first-order chi connectivity index (χ1) is 7.72. The van der Waals surface area contributed by atoms with E-state index in [-0.39, 0.29) is 5.82 Å². The number of piperidine rings is 1. The summed E-state index contributed by atoms with van der Waals surface area (Å²) in [6, 6.07) is 5.99. The van der Waals surface area contributed by atoms with Gasteiger partial charge in [0, 0.05) is 17.9 Å². The van der Waals surface area contributed by atoms with Crippen molar-refractivity contribution in [1.82, 2.24) is 0 Å². The topological polar surface area (TPSA) is 3.24 Å². The van der Waals surface area contributed by atoms with Gasteiger partial charge in [-0.2, -0.15) is 0 Å². The van der Waals surface area contributed by atoms with E-state index in [0.717, 1.165) is 17.8 Å². The SMILES string of the molecule is CC1CCCCN1c1ccc(CBr)cc1F. The molecule has 1 saturated heterocycles. The molecule has 1 atom stereocenters. The average Bonchev–Trinajstić information content (AvgIpc) is 2.30. The first-order valence-corrected chi connectivity index (χ1v) is 6.95. The van der Waals surface area contributed by atoms with Gasteiger partial charge in [-0.15, -0.1) is 0 Å². The van der Waals surface area contributed by atoms with Gasteiger partial charge in [-0.1, -0.05) is 22.0 Å². The first-order valence-electron chi connectivity index (χ1n) is 5.83. The van der Waals surface area contributed by atoms with Crippen molar-refractivity contribution >= 4 is 21.6 Å². The summed E-state index contributed by atoms with van der Waals surface area (Å²) in [5.74, 6) is -0.0919.